The predicted molar refractivity (Wildman–Crippen MR) is 54.9 cm³/mol. The number of carboxylic acid groups (broad SMARTS) is 1. The highest BCUT2D eigenvalue weighted by Crippen LogP contribution is 2.02. The number of carboxylic acids is 1. The van der Waals surface area contributed by atoms with Crippen LogP contribution in [0, 0.1) is 0 Å². The van der Waals surface area contributed by atoms with E-state index in [0.29, 0.717) is 0 Å². The number of hydrogen-bond acceptors (Lipinski definition) is 3. The minimum atomic E-state index is -1.42. The summed E-state index contributed by atoms with van der Waals surface area (Å²) in [5.41, 5.74) is -0.593. The van der Waals surface area contributed by atoms with E-state index in [-0.39, 0.29) is 12.1 Å². The third-order valence-electron chi connectivity index (χ3n) is 1.60. The van der Waals surface area contributed by atoms with Gasteiger partial charge in [-0.2, -0.15) is 0 Å². The van der Waals surface area contributed by atoms with Crippen LogP contribution in [-0.2, 0) is 9.59 Å². The van der Waals surface area contributed by atoms with E-state index in [2.05, 4.69) is 25.1 Å². The number of aliphatic hydroxyl groups excluding tert-OH is 1. The van der Waals surface area contributed by atoms with Crippen molar-refractivity contribution in [2.24, 2.45) is 0 Å². The van der Waals surface area contributed by atoms with Crippen molar-refractivity contribution in [1.82, 2.24) is 5.32 Å². The SMILES string of the molecule is C=CCC(O)C(=C)NC(=O)C(=C)C(=O)O. The Bertz CT molecular complexity index is 319. The number of carbonyl (C=O) groups is 2. The molecule has 0 bridgehead atoms. The second-order valence-corrected chi connectivity index (χ2v) is 2.80. The molecule has 0 fully saturated rings. The Labute approximate surface area is 87.4 Å². The normalized spacial score (nSPS) is 11.3. The first-order chi connectivity index (χ1) is 6.90. The third-order valence-corrected chi connectivity index (χ3v) is 1.60. The highest BCUT2D eigenvalue weighted by Gasteiger charge is 2.17. The zero-order chi connectivity index (χ0) is 12.0. The lowest BCUT2D eigenvalue weighted by Crippen LogP contribution is -2.31. The van der Waals surface area contributed by atoms with Crippen molar-refractivity contribution in [2.45, 2.75) is 12.5 Å². The van der Waals surface area contributed by atoms with Gasteiger partial charge in [-0.05, 0) is 6.42 Å². The van der Waals surface area contributed by atoms with Crippen LogP contribution >= 0.6 is 0 Å². The summed E-state index contributed by atoms with van der Waals surface area (Å²) in [6.45, 7) is 9.85. The van der Waals surface area contributed by atoms with Crippen LogP contribution in [0.4, 0.5) is 0 Å². The lowest BCUT2D eigenvalue weighted by atomic mass is 10.2. The molecule has 3 N–H and O–H groups in total. The van der Waals surface area contributed by atoms with Gasteiger partial charge in [0.25, 0.3) is 5.91 Å². The van der Waals surface area contributed by atoms with E-state index in [1.54, 1.807) is 0 Å². The fourth-order valence-corrected chi connectivity index (χ4v) is 0.702. The molecule has 1 atom stereocenters. The highest BCUT2D eigenvalue weighted by molar-refractivity contribution is 6.15. The Morgan fingerprint density at radius 1 is 1.40 bits per heavy atom. The van der Waals surface area contributed by atoms with Gasteiger partial charge in [0, 0.05) is 5.70 Å². The summed E-state index contributed by atoms with van der Waals surface area (Å²) >= 11 is 0. The van der Waals surface area contributed by atoms with Crippen molar-refractivity contribution >= 4 is 11.9 Å². The van der Waals surface area contributed by atoms with Gasteiger partial charge in [-0.15, -0.1) is 6.58 Å². The molecule has 0 aromatic carbocycles. The average molecular weight is 211 g/mol. The molecular formula is C10H13NO4. The van der Waals surface area contributed by atoms with Crippen LogP contribution in [0.1, 0.15) is 6.42 Å². The van der Waals surface area contributed by atoms with Gasteiger partial charge in [-0.1, -0.05) is 19.2 Å². The summed E-state index contributed by atoms with van der Waals surface area (Å²) in [5.74, 6) is -2.31. The molecule has 82 valence electrons. The number of amides is 1. The fourth-order valence-electron chi connectivity index (χ4n) is 0.702. The van der Waals surface area contributed by atoms with Crippen LogP contribution < -0.4 is 5.32 Å². The van der Waals surface area contributed by atoms with E-state index < -0.39 is 23.6 Å². The summed E-state index contributed by atoms with van der Waals surface area (Å²) in [4.78, 5) is 21.5. The Kier molecular flexibility index (Phi) is 5.04. The molecule has 5 nitrogen and oxygen atoms in total. The van der Waals surface area contributed by atoms with Crippen LogP contribution in [0.3, 0.4) is 0 Å². The smallest absolute Gasteiger partial charge is 0.340 e. The van der Waals surface area contributed by atoms with Gasteiger partial charge in [-0.25, -0.2) is 4.79 Å². The van der Waals surface area contributed by atoms with Crippen LogP contribution in [0.15, 0.2) is 37.1 Å². The fraction of sp³-hybridized carbons (Fsp3) is 0.200. The summed E-state index contributed by atoms with van der Waals surface area (Å²) in [6, 6.07) is 0. The van der Waals surface area contributed by atoms with E-state index in [1.807, 2.05) is 0 Å². The quantitative estimate of drug-likeness (QED) is 0.253. The summed E-state index contributed by atoms with van der Waals surface area (Å²) in [7, 11) is 0. The Hall–Kier alpha value is -1.88. The molecule has 0 aliphatic rings. The van der Waals surface area contributed by atoms with Gasteiger partial charge in [0.05, 0.1) is 6.10 Å². The molecule has 0 saturated heterocycles. The monoisotopic (exact) mass is 211 g/mol. The summed E-state index contributed by atoms with van der Waals surface area (Å²) in [5, 5.41) is 19.9. The van der Waals surface area contributed by atoms with E-state index in [4.69, 9.17) is 5.11 Å². The standard InChI is InChI=1S/C10H13NO4/c1-4-5-8(12)7(3)11-9(13)6(2)10(14)15/h4,8,12H,1-3,5H2,(H,11,13)(H,14,15). The molecule has 15 heavy (non-hydrogen) atoms. The first-order valence-electron chi connectivity index (χ1n) is 4.11. The first kappa shape index (κ1) is 13.1. The Balaban J connectivity index is 4.30. The maximum absolute atomic E-state index is 11.1. The third kappa shape index (κ3) is 4.24. The lowest BCUT2D eigenvalue weighted by Gasteiger charge is -2.12. The molecule has 5 heteroatoms. The highest BCUT2D eigenvalue weighted by atomic mass is 16.4. The molecule has 0 saturated carbocycles. The number of hydrogen-bond donors (Lipinski definition) is 3. The number of rotatable bonds is 6. The van der Waals surface area contributed by atoms with E-state index >= 15 is 0 Å². The molecule has 0 aromatic rings. The molecule has 0 radical (unpaired) electrons. The molecule has 1 unspecified atom stereocenters. The number of aliphatic hydroxyl groups is 1. The molecule has 0 rings (SSSR count). The molecular weight excluding hydrogens is 198 g/mol. The zero-order valence-electron chi connectivity index (χ0n) is 8.19. The minimum Gasteiger partial charge on any atom is -0.478 e. The van der Waals surface area contributed by atoms with Gasteiger partial charge in [0.15, 0.2) is 0 Å². The Morgan fingerprint density at radius 3 is 2.33 bits per heavy atom. The summed E-state index contributed by atoms with van der Waals surface area (Å²) < 4.78 is 0. The molecule has 1 amide bonds. The van der Waals surface area contributed by atoms with Crippen molar-refractivity contribution in [3.63, 3.8) is 0 Å². The van der Waals surface area contributed by atoms with Gasteiger partial charge in [0.1, 0.15) is 5.57 Å². The maximum Gasteiger partial charge on any atom is 0.340 e. The largest absolute Gasteiger partial charge is 0.478 e. The molecule has 0 aliphatic heterocycles. The van der Waals surface area contributed by atoms with Crippen molar-refractivity contribution in [3.8, 4) is 0 Å². The van der Waals surface area contributed by atoms with Crippen molar-refractivity contribution in [1.29, 1.82) is 0 Å². The molecule has 0 spiro atoms. The second kappa shape index (κ2) is 5.77. The van der Waals surface area contributed by atoms with Crippen LogP contribution in [0.25, 0.3) is 0 Å². The maximum atomic E-state index is 11.1. The number of aliphatic carboxylic acids is 1. The molecule has 0 aliphatic carbocycles. The minimum absolute atomic E-state index is 0.0160. The van der Waals surface area contributed by atoms with Crippen molar-refractivity contribution < 1.29 is 19.8 Å². The molecule has 0 aromatic heterocycles. The average Bonchev–Trinajstić information content (AvgIpc) is 2.16. The van der Waals surface area contributed by atoms with Crippen LogP contribution in [0.5, 0.6) is 0 Å². The Morgan fingerprint density at radius 2 is 1.93 bits per heavy atom. The lowest BCUT2D eigenvalue weighted by molar-refractivity contribution is -0.134. The van der Waals surface area contributed by atoms with E-state index in [9.17, 15) is 14.7 Å². The topological polar surface area (TPSA) is 86.6 Å². The first-order valence-corrected chi connectivity index (χ1v) is 4.11. The number of carbonyl (C=O) groups excluding carboxylic acids is 1. The van der Waals surface area contributed by atoms with Crippen LogP contribution in [-0.4, -0.2) is 28.2 Å². The zero-order valence-corrected chi connectivity index (χ0v) is 8.19. The number of nitrogens with one attached hydrogen (secondary N) is 1. The van der Waals surface area contributed by atoms with Crippen molar-refractivity contribution in [3.05, 3.63) is 37.1 Å². The second-order valence-electron chi connectivity index (χ2n) is 2.80. The van der Waals surface area contributed by atoms with Gasteiger partial charge < -0.3 is 15.5 Å². The van der Waals surface area contributed by atoms with Gasteiger partial charge >= 0.3 is 5.97 Å². The molecule has 0 heterocycles. The van der Waals surface area contributed by atoms with Crippen molar-refractivity contribution in [2.75, 3.05) is 0 Å². The van der Waals surface area contributed by atoms with E-state index in [1.165, 1.54) is 6.08 Å². The van der Waals surface area contributed by atoms with Gasteiger partial charge in [-0.3, -0.25) is 4.79 Å². The van der Waals surface area contributed by atoms with Gasteiger partial charge in [0.2, 0.25) is 0 Å². The summed E-state index contributed by atoms with van der Waals surface area (Å²) in [6.07, 6.45) is 0.695. The van der Waals surface area contributed by atoms with E-state index in [0.717, 1.165) is 0 Å². The van der Waals surface area contributed by atoms with Crippen LogP contribution in [0.2, 0.25) is 0 Å². The predicted octanol–water partition coefficient (Wildman–Crippen LogP) is 0.194.